The summed E-state index contributed by atoms with van der Waals surface area (Å²) in [5.41, 5.74) is 3.51. The zero-order chi connectivity index (χ0) is 20.2. The molecule has 0 unspecified atom stereocenters. The second-order valence-electron chi connectivity index (χ2n) is 6.49. The van der Waals surface area contributed by atoms with Crippen molar-refractivity contribution in [1.29, 1.82) is 0 Å². The van der Waals surface area contributed by atoms with Gasteiger partial charge in [-0.2, -0.15) is 4.72 Å². The molecule has 146 valence electrons. The van der Waals surface area contributed by atoms with E-state index in [2.05, 4.69) is 10.0 Å². The predicted octanol–water partition coefficient (Wildman–Crippen LogP) is 3.32. The number of carbonyl (C=O) groups excluding carboxylic acids is 1. The number of nitrogens with one attached hydrogen (secondary N) is 2. The predicted molar refractivity (Wildman–Crippen MR) is 107 cm³/mol. The van der Waals surface area contributed by atoms with Crippen LogP contribution in [0.4, 0.5) is 5.69 Å². The lowest BCUT2D eigenvalue weighted by Gasteiger charge is -2.16. The van der Waals surface area contributed by atoms with Gasteiger partial charge in [0.25, 0.3) is 0 Å². The first-order valence-corrected chi connectivity index (χ1v) is 10.3. The van der Waals surface area contributed by atoms with Gasteiger partial charge < -0.3 is 10.1 Å². The van der Waals surface area contributed by atoms with Crippen molar-refractivity contribution in [1.82, 2.24) is 4.72 Å². The molecule has 0 radical (unpaired) electrons. The number of sulfonamides is 1. The van der Waals surface area contributed by atoms with E-state index >= 15 is 0 Å². The summed E-state index contributed by atoms with van der Waals surface area (Å²) in [7, 11) is -3.83. The Kier molecular flexibility index (Phi) is 6.62. The fraction of sp³-hybridized carbons (Fsp3) is 0.350. The lowest BCUT2D eigenvalue weighted by Crippen LogP contribution is -2.41. The first-order valence-electron chi connectivity index (χ1n) is 8.78. The van der Waals surface area contributed by atoms with Crippen molar-refractivity contribution in [2.24, 2.45) is 0 Å². The van der Waals surface area contributed by atoms with Gasteiger partial charge in [0, 0.05) is 5.69 Å². The number of rotatable bonds is 7. The Labute approximate surface area is 161 Å². The number of amides is 1. The van der Waals surface area contributed by atoms with Gasteiger partial charge in [0.2, 0.25) is 15.9 Å². The van der Waals surface area contributed by atoms with E-state index in [9.17, 15) is 13.2 Å². The zero-order valence-corrected chi connectivity index (χ0v) is 17.1. The highest BCUT2D eigenvalue weighted by molar-refractivity contribution is 7.89. The quantitative estimate of drug-likeness (QED) is 0.760. The molecule has 0 aliphatic heterocycles. The van der Waals surface area contributed by atoms with Gasteiger partial charge in [-0.3, -0.25) is 4.79 Å². The van der Waals surface area contributed by atoms with Crippen molar-refractivity contribution >= 4 is 21.6 Å². The van der Waals surface area contributed by atoms with Crippen molar-refractivity contribution < 1.29 is 17.9 Å². The molecule has 1 amide bonds. The number of anilines is 1. The average molecular weight is 391 g/mol. The Morgan fingerprint density at radius 2 is 1.74 bits per heavy atom. The molecule has 0 fully saturated rings. The molecule has 0 saturated carbocycles. The fourth-order valence-electron chi connectivity index (χ4n) is 2.53. The summed E-state index contributed by atoms with van der Waals surface area (Å²) < 4.78 is 33.0. The van der Waals surface area contributed by atoms with E-state index in [1.54, 1.807) is 19.1 Å². The normalized spacial score (nSPS) is 12.5. The largest absolute Gasteiger partial charge is 0.494 e. The summed E-state index contributed by atoms with van der Waals surface area (Å²) >= 11 is 0. The van der Waals surface area contributed by atoms with Gasteiger partial charge in [0.15, 0.2) is 0 Å². The summed E-state index contributed by atoms with van der Waals surface area (Å²) in [4.78, 5) is 12.5. The van der Waals surface area contributed by atoms with Crippen LogP contribution >= 0.6 is 0 Å². The van der Waals surface area contributed by atoms with Crippen molar-refractivity contribution in [3.05, 3.63) is 53.1 Å². The molecular formula is C20H26N2O4S. The summed E-state index contributed by atoms with van der Waals surface area (Å²) in [6.07, 6.45) is 0. The molecule has 0 bridgehead atoms. The standard InChI is InChI=1S/C20H26N2O4S/c1-6-26-19-10-9-18(12-15(19)4)27(24,25)22-16(5)20(23)21-17-8-7-13(2)14(3)11-17/h7-12,16,22H,6H2,1-5H3,(H,21,23)/t16-/m1/s1. The van der Waals surface area contributed by atoms with Gasteiger partial charge in [-0.05, 0) is 81.6 Å². The smallest absolute Gasteiger partial charge is 0.242 e. The van der Waals surface area contributed by atoms with E-state index in [1.165, 1.54) is 19.1 Å². The number of aryl methyl sites for hydroxylation is 3. The van der Waals surface area contributed by atoms with Crippen LogP contribution in [-0.2, 0) is 14.8 Å². The van der Waals surface area contributed by atoms with E-state index in [-0.39, 0.29) is 4.90 Å². The van der Waals surface area contributed by atoms with Crippen LogP contribution in [-0.4, -0.2) is 27.0 Å². The van der Waals surface area contributed by atoms with Crippen LogP contribution in [0.3, 0.4) is 0 Å². The van der Waals surface area contributed by atoms with Crippen LogP contribution < -0.4 is 14.8 Å². The summed E-state index contributed by atoms with van der Waals surface area (Å²) in [6.45, 7) is 9.58. The molecule has 7 heteroatoms. The van der Waals surface area contributed by atoms with Gasteiger partial charge in [-0.15, -0.1) is 0 Å². The Balaban J connectivity index is 2.10. The highest BCUT2D eigenvalue weighted by Crippen LogP contribution is 2.22. The van der Waals surface area contributed by atoms with Crippen molar-refractivity contribution in [3.8, 4) is 5.75 Å². The number of hydrogen-bond acceptors (Lipinski definition) is 4. The van der Waals surface area contributed by atoms with Gasteiger partial charge in [0.05, 0.1) is 17.5 Å². The first-order chi connectivity index (χ1) is 12.6. The van der Waals surface area contributed by atoms with Crippen LogP contribution in [0.2, 0.25) is 0 Å². The van der Waals surface area contributed by atoms with Crippen molar-refractivity contribution in [2.75, 3.05) is 11.9 Å². The third kappa shape index (κ3) is 5.30. The van der Waals surface area contributed by atoms with E-state index < -0.39 is 22.0 Å². The van der Waals surface area contributed by atoms with Gasteiger partial charge in [-0.25, -0.2) is 8.42 Å². The molecule has 27 heavy (non-hydrogen) atoms. The Hall–Kier alpha value is -2.38. The Morgan fingerprint density at radius 3 is 2.33 bits per heavy atom. The number of benzene rings is 2. The average Bonchev–Trinajstić information content (AvgIpc) is 2.59. The first kappa shape index (κ1) is 20.9. The summed E-state index contributed by atoms with van der Waals surface area (Å²) in [5.74, 6) is 0.210. The van der Waals surface area contributed by atoms with Crippen LogP contribution in [0.15, 0.2) is 41.3 Å². The topological polar surface area (TPSA) is 84.5 Å². The van der Waals surface area contributed by atoms with Crippen molar-refractivity contribution in [3.63, 3.8) is 0 Å². The number of carbonyl (C=O) groups is 1. The minimum Gasteiger partial charge on any atom is -0.494 e. The molecule has 0 heterocycles. The Bertz CT molecular complexity index is 939. The van der Waals surface area contributed by atoms with E-state index in [0.717, 1.165) is 11.1 Å². The van der Waals surface area contributed by atoms with Gasteiger partial charge in [-0.1, -0.05) is 6.07 Å². The molecule has 2 N–H and O–H groups in total. The van der Waals surface area contributed by atoms with E-state index in [1.807, 2.05) is 32.9 Å². The second kappa shape index (κ2) is 8.54. The molecule has 1 atom stereocenters. The molecule has 2 aromatic rings. The minimum absolute atomic E-state index is 0.0919. The lowest BCUT2D eigenvalue weighted by atomic mass is 10.1. The molecule has 2 aromatic carbocycles. The van der Waals surface area contributed by atoms with Crippen LogP contribution in [0.1, 0.15) is 30.5 Å². The van der Waals surface area contributed by atoms with Gasteiger partial charge >= 0.3 is 0 Å². The number of ether oxygens (including phenoxy) is 1. The maximum absolute atomic E-state index is 12.6. The Morgan fingerprint density at radius 1 is 1.04 bits per heavy atom. The molecule has 0 aromatic heterocycles. The molecular weight excluding hydrogens is 364 g/mol. The van der Waals surface area contributed by atoms with Gasteiger partial charge in [0.1, 0.15) is 5.75 Å². The van der Waals surface area contributed by atoms with Crippen LogP contribution in [0.25, 0.3) is 0 Å². The molecule has 6 nitrogen and oxygen atoms in total. The second-order valence-corrected chi connectivity index (χ2v) is 8.21. The lowest BCUT2D eigenvalue weighted by molar-refractivity contribution is -0.117. The summed E-state index contributed by atoms with van der Waals surface area (Å²) in [5, 5.41) is 2.74. The third-order valence-electron chi connectivity index (χ3n) is 4.26. The maximum Gasteiger partial charge on any atom is 0.242 e. The minimum atomic E-state index is -3.83. The fourth-order valence-corrected chi connectivity index (χ4v) is 3.82. The maximum atomic E-state index is 12.6. The molecule has 0 saturated heterocycles. The van der Waals surface area contributed by atoms with Crippen molar-refractivity contribution in [2.45, 2.75) is 45.6 Å². The third-order valence-corrected chi connectivity index (χ3v) is 5.79. The SMILES string of the molecule is CCOc1ccc(S(=O)(=O)N[C@H](C)C(=O)Nc2ccc(C)c(C)c2)cc1C. The van der Waals surface area contributed by atoms with E-state index in [0.29, 0.717) is 23.6 Å². The monoisotopic (exact) mass is 390 g/mol. The van der Waals surface area contributed by atoms with Crippen LogP contribution in [0.5, 0.6) is 5.75 Å². The highest BCUT2D eigenvalue weighted by atomic mass is 32.2. The molecule has 0 aliphatic rings. The number of hydrogen-bond donors (Lipinski definition) is 2. The highest BCUT2D eigenvalue weighted by Gasteiger charge is 2.23. The zero-order valence-electron chi connectivity index (χ0n) is 16.3. The molecule has 0 aliphatic carbocycles. The summed E-state index contributed by atoms with van der Waals surface area (Å²) in [6, 6.07) is 9.23. The molecule has 2 rings (SSSR count). The molecule has 0 spiro atoms. The van der Waals surface area contributed by atoms with Crippen LogP contribution in [0, 0.1) is 20.8 Å². The van der Waals surface area contributed by atoms with E-state index in [4.69, 9.17) is 4.74 Å².